The Labute approximate surface area is 166 Å². The molecular weight excluding hydrogens is 364 g/mol. The molecule has 140 valence electrons. The molecule has 5 rings (SSSR count). The van der Waals surface area contributed by atoms with Crippen LogP contribution in [0.1, 0.15) is 10.4 Å². The first-order valence-electron chi connectivity index (χ1n) is 9.06. The summed E-state index contributed by atoms with van der Waals surface area (Å²) < 4.78 is 3.79. The van der Waals surface area contributed by atoms with Gasteiger partial charge in [-0.15, -0.1) is 0 Å². The molecule has 1 amide bonds. The number of hydrogen-bond acceptors (Lipinski definition) is 4. The molecule has 0 radical (unpaired) electrons. The van der Waals surface area contributed by atoms with Gasteiger partial charge in [0.2, 0.25) is 0 Å². The molecule has 0 aliphatic carbocycles. The largest absolute Gasteiger partial charge is 0.322 e. The summed E-state index contributed by atoms with van der Waals surface area (Å²) in [6, 6.07) is 19.1. The molecular formula is C22H16N6O. The van der Waals surface area contributed by atoms with Gasteiger partial charge in [0.25, 0.3) is 5.91 Å². The maximum atomic E-state index is 12.5. The number of imidazole rings is 2. The minimum absolute atomic E-state index is 0.212. The van der Waals surface area contributed by atoms with Gasteiger partial charge in [0.15, 0.2) is 0 Å². The van der Waals surface area contributed by atoms with E-state index >= 15 is 0 Å². The maximum Gasteiger partial charge on any atom is 0.257 e. The van der Waals surface area contributed by atoms with Gasteiger partial charge in [0.1, 0.15) is 18.5 Å². The van der Waals surface area contributed by atoms with Crippen LogP contribution >= 0.6 is 0 Å². The number of para-hydroxylation sites is 2. The van der Waals surface area contributed by atoms with E-state index in [-0.39, 0.29) is 5.91 Å². The number of fused-ring (bicyclic) bond motifs is 1. The number of benzene rings is 2. The molecule has 3 aromatic heterocycles. The molecule has 29 heavy (non-hydrogen) atoms. The fraction of sp³-hybridized carbons (Fsp3) is 0. The van der Waals surface area contributed by atoms with Crippen LogP contribution in [0.4, 0.5) is 5.69 Å². The van der Waals surface area contributed by atoms with E-state index < -0.39 is 0 Å². The molecule has 0 aliphatic rings. The van der Waals surface area contributed by atoms with Crippen LogP contribution in [-0.2, 0) is 0 Å². The monoisotopic (exact) mass is 380 g/mol. The first kappa shape index (κ1) is 16.9. The predicted octanol–water partition coefficient (Wildman–Crippen LogP) is 3.86. The molecule has 2 aromatic carbocycles. The average Bonchev–Trinajstić information content (AvgIpc) is 3.45. The number of nitrogens with one attached hydrogen (secondary N) is 1. The molecule has 1 N–H and O–H groups in total. The normalized spacial score (nSPS) is 10.9. The van der Waals surface area contributed by atoms with Crippen LogP contribution in [0.2, 0.25) is 0 Å². The topological polar surface area (TPSA) is 77.6 Å². The maximum absolute atomic E-state index is 12.5. The number of anilines is 1. The lowest BCUT2D eigenvalue weighted by atomic mass is 10.2. The molecule has 0 atom stereocenters. The number of rotatable bonds is 4. The van der Waals surface area contributed by atoms with Crippen molar-refractivity contribution >= 4 is 22.6 Å². The third-order valence-electron chi connectivity index (χ3n) is 4.64. The van der Waals surface area contributed by atoms with E-state index in [1.54, 1.807) is 47.9 Å². The minimum Gasteiger partial charge on any atom is -0.322 e. The van der Waals surface area contributed by atoms with Gasteiger partial charge in [-0.1, -0.05) is 12.1 Å². The molecule has 7 nitrogen and oxygen atoms in total. The lowest BCUT2D eigenvalue weighted by Gasteiger charge is -2.08. The van der Waals surface area contributed by atoms with E-state index in [9.17, 15) is 4.79 Å². The third kappa shape index (κ3) is 3.25. The van der Waals surface area contributed by atoms with Gasteiger partial charge in [-0.2, -0.15) is 0 Å². The minimum atomic E-state index is -0.212. The van der Waals surface area contributed by atoms with Crippen LogP contribution in [0.15, 0.2) is 91.9 Å². The predicted molar refractivity (Wildman–Crippen MR) is 110 cm³/mol. The molecule has 0 bridgehead atoms. The number of aromatic nitrogens is 5. The Morgan fingerprint density at radius 3 is 2.52 bits per heavy atom. The number of carbonyl (C=O) groups excluding carboxylic acids is 1. The smallest absolute Gasteiger partial charge is 0.257 e. The second kappa shape index (κ2) is 7.05. The summed E-state index contributed by atoms with van der Waals surface area (Å²) >= 11 is 0. The molecule has 0 spiro atoms. The van der Waals surface area contributed by atoms with Crippen molar-refractivity contribution < 1.29 is 4.79 Å². The Bertz CT molecular complexity index is 1270. The van der Waals surface area contributed by atoms with Gasteiger partial charge in [-0.3, -0.25) is 13.9 Å². The summed E-state index contributed by atoms with van der Waals surface area (Å²) in [6.45, 7) is 0. The first-order chi connectivity index (χ1) is 14.3. The van der Waals surface area contributed by atoms with Gasteiger partial charge in [-0.05, 0) is 48.5 Å². The van der Waals surface area contributed by atoms with E-state index in [1.165, 1.54) is 0 Å². The fourth-order valence-electron chi connectivity index (χ4n) is 3.14. The number of hydrogen-bond donors (Lipinski definition) is 1. The Morgan fingerprint density at radius 2 is 1.76 bits per heavy atom. The number of nitrogens with zero attached hydrogens (tertiary/aromatic N) is 5. The van der Waals surface area contributed by atoms with E-state index in [0.29, 0.717) is 17.1 Å². The first-order valence-corrected chi connectivity index (χ1v) is 9.06. The van der Waals surface area contributed by atoms with Crippen LogP contribution in [0, 0.1) is 0 Å². The zero-order valence-electron chi connectivity index (χ0n) is 15.3. The molecule has 0 unspecified atom stereocenters. The van der Waals surface area contributed by atoms with E-state index in [2.05, 4.69) is 20.3 Å². The Kier molecular flexibility index (Phi) is 4.10. The number of pyridine rings is 1. The lowest BCUT2D eigenvalue weighted by molar-refractivity contribution is 0.102. The van der Waals surface area contributed by atoms with Crippen molar-refractivity contribution in [3.05, 3.63) is 97.5 Å². The molecule has 0 fully saturated rings. The van der Waals surface area contributed by atoms with Gasteiger partial charge in [0, 0.05) is 30.0 Å². The Morgan fingerprint density at radius 1 is 0.897 bits per heavy atom. The summed E-state index contributed by atoms with van der Waals surface area (Å²) in [7, 11) is 0. The van der Waals surface area contributed by atoms with Gasteiger partial charge in [-0.25, -0.2) is 15.0 Å². The SMILES string of the molecule is O=C(Nc1ccc(-n2cnc3ccccc32)cc1)c1ccc(-n2ccnc2)nc1. The molecule has 0 saturated heterocycles. The fourth-order valence-corrected chi connectivity index (χ4v) is 3.14. The van der Waals surface area contributed by atoms with Crippen LogP contribution in [-0.4, -0.2) is 30.0 Å². The van der Waals surface area contributed by atoms with Crippen molar-refractivity contribution in [2.45, 2.75) is 0 Å². The third-order valence-corrected chi connectivity index (χ3v) is 4.64. The van der Waals surface area contributed by atoms with Crippen LogP contribution in [0.3, 0.4) is 0 Å². The van der Waals surface area contributed by atoms with E-state index in [0.717, 1.165) is 16.7 Å². The molecule has 5 aromatic rings. The zero-order chi connectivity index (χ0) is 19.6. The zero-order valence-corrected chi connectivity index (χ0v) is 15.3. The highest BCUT2D eigenvalue weighted by atomic mass is 16.1. The van der Waals surface area contributed by atoms with Crippen molar-refractivity contribution in [1.82, 2.24) is 24.1 Å². The van der Waals surface area contributed by atoms with E-state index in [1.807, 2.05) is 53.1 Å². The lowest BCUT2D eigenvalue weighted by Crippen LogP contribution is -2.12. The highest BCUT2D eigenvalue weighted by Crippen LogP contribution is 2.20. The van der Waals surface area contributed by atoms with Gasteiger partial charge in [0.05, 0.1) is 16.6 Å². The van der Waals surface area contributed by atoms with Crippen molar-refractivity contribution in [3.63, 3.8) is 0 Å². The van der Waals surface area contributed by atoms with E-state index in [4.69, 9.17) is 0 Å². The standard InChI is InChI=1S/C22H16N6O/c29-22(16-5-10-21(24-13-16)27-12-11-23-14-27)26-17-6-8-18(9-7-17)28-15-25-19-3-1-2-4-20(19)28/h1-15H,(H,26,29). The Hall–Kier alpha value is -4.26. The van der Waals surface area contributed by atoms with Crippen molar-refractivity contribution in [3.8, 4) is 11.5 Å². The van der Waals surface area contributed by atoms with Gasteiger partial charge >= 0.3 is 0 Å². The number of amides is 1. The number of carbonyl (C=O) groups is 1. The summed E-state index contributed by atoms with van der Waals surface area (Å²) in [5, 5.41) is 2.90. The summed E-state index contributed by atoms with van der Waals surface area (Å²) in [6.07, 6.45) is 8.49. The van der Waals surface area contributed by atoms with Crippen LogP contribution < -0.4 is 5.32 Å². The summed E-state index contributed by atoms with van der Waals surface area (Å²) in [5.41, 5.74) is 4.15. The highest BCUT2D eigenvalue weighted by molar-refractivity contribution is 6.04. The van der Waals surface area contributed by atoms with Crippen LogP contribution in [0.5, 0.6) is 0 Å². The summed E-state index contributed by atoms with van der Waals surface area (Å²) in [4.78, 5) is 25.2. The van der Waals surface area contributed by atoms with Crippen molar-refractivity contribution in [2.75, 3.05) is 5.32 Å². The second-order valence-corrected chi connectivity index (χ2v) is 6.48. The Balaban J connectivity index is 1.32. The van der Waals surface area contributed by atoms with Gasteiger partial charge < -0.3 is 5.32 Å². The van der Waals surface area contributed by atoms with Crippen LogP contribution in [0.25, 0.3) is 22.5 Å². The second-order valence-electron chi connectivity index (χ2n) is 6.48. The quantitative estimate of drug-likeness (QED) is 0.514. The average molecular weight is 380 g/mol. The highest BCUT2D eigenvalue weighted by Gasteiger charge is 2.08. The van der Waals surface area contributed by atoms with Crippen molar-refractivity contribution in [2.24, 2.45) is 0 Å². The molecule has 7 heteroatoms. The molecule has 3 heterocycles. The van der Waals surface area contributed by atoms with Crippen molar-refractivity contribution in [1.29, 1.82) is 0 Å². The summed E-state index contributed by atoms with van der Waals surface area (Å²) in [5.74, 6) is 0.492. The molecule has 0 aliphatic heterocycles. The molecule has 0 saturated carbocycles.